The zero-order valence-corrected chi connectivity index (χ0v) is 14.8. The number of carbonyl (C=O) groups excluding carboxylic acids is 1. The normalized spacial score (nSPS) is 12.8. The van der Waals surface area contributed by atoms with Crippen molar-refractivity contribution in [3.05, 3.63) is 59.9 Å². The van der Waals surface area contributed by atoms with E-state index in [0.717, 1.165) is 5.56 Å². The molecular weight excluding hydrogens is 345 g/mol. The molecule has 6 nitrogen and oxygen atoms in total. The van der Waals surface area contributed by atoms with Gasteiger partial charge in [0.05, 0.1) is 10.9 Å². The van der Waals surface area contributed by atoms with Crippen LogP contribution in [0.2, 0.25) is 0 Å². The second-order valence-corrected chi connectivity index (χ2v) is 7.34. The van der Waals surface area contributed by atoms with E-state index >= 15 is 0 Å². The molecule has 2 rings (SSSR count). The number of carbonyl (C=O) groups is 1. The van der Waals surface area contributed by atoms with Crippen LogP contribution in [0.3, 0.4) is 0 Å². The highest BCUT2D eigenvalue weighted by molar-refractivity contribution is 7.89. The van der Waals surface area contributed by atoms with Gasteiger partial charge in [-0.3, -0.25) is 9.69 Å². The predicted octanol–water partition coefficient (Wildman–Crippen LogP) is 1.93. The van der Waals surface area contributed by atoms with Crippen LogP contribution >= 0.6 is 0 Å². The summed E-state index contributed by atoms with van der Waals surface area (Å²) in [7, 11) is -1.97. The number of anilines is 1. The number of nitrogens with zero attached hydrogens (tertiary/aromatic N) is 1. The molecule has 3 N–H and O–H groups in total. The van der Waals surface area contributed by atoms with E-state index in [0.29, 0.717) is 12.2 Å². The van der Waals surface area contributed by atoms with Crippen molar-refractivity contribution in [2.75, 3.05) is 12.4 Å². The van der Waals surface area contributed by atoms with Crippen molar-refractivity contribution in [3.63, 3.8) is 0 Å². The minimum atomic E-state index is -3.76. The standard InChI is InChI=1S/C17H20FN3O3S/c1-12(21(2)11-13-3-5-14(18)6-4-13)17(22)20-15-7-9-16(10-8-15)25(19,23)24/h3-10,12H,11H2,1-2H3,(H,20,22)(H2,19,23,24)/t12-/m0/s1. The fourth-order valence-electron chi connectivity index (χ4n) is 2.19. The fourth-order valence-corrected chi connectivity index (χ4v) is 2.70. The van der Waals surface area contributed by atoms with Crippen molar-refractivity contribution in [2.24, 2.45) is 5.14 Å². The van der Waals surface area contributed by atoms with Gasteiger partial charge in [-0.1, -0.05) is 12.1 Å². The lowest BCUT2D eigenvalue weighted by atomic mass is 10.2. The third-order valence-corrected chi connectivity index (χ3v) is 4.77. The number of benzene rings is 2. The molecule has 8 heteroatoms. The number of rotatable bonds is 6. The Hall–Kier alpha value is -2.29. The zero-order chi connectivity index (χ0) is 18.6. The second-order valence-electron chi connectivity index (χ2n) is 5.78. The van der Waals surface area contributed by atoms with Gasteiger partial charge in [0.15, 0.2) is 0 Å². The number of hydrogen-bond acceptors (Lipinski definition) is 4. The summed E-state index contributed by atoms with van der Waals surface area (Å²) in [5, 5.41) is 7.75. The highest BCUT2D eigenvalue weighted by Crippen LogP contribution is 2.14. The third kappa shape index (κ3) is 5.35. The first kappa shape index (κ1) is 19.0. The van der Waals surface area contributed by atoms with Gasteiger partial charge in [-0.25, -0.2) is 17.9 Å². The first-order valence-corrected chi connectivity index (χ1v) is 9.10. The van der Waals surface area contributed by atoms with Gasteiger partial charge in [0, 0.05) is 12.2 Å². The molecule has 0 saturated carbocycles. The maximum Gasteiger partial charge on any atom is 0.241 e. The summed E-state index contributed by atoms with van der Waals surface area (Å²) in [6.07, 6.45) is 0. The van der Waals surface area contributed by atoms with Gasteiger partial charge in [0.1, 0.15) is 5.82 Å². The van der Waals surface area contributed by atoms with Crippen LogP contribution in [0.4, 0.5) is 10.1 Å². The van der Waals surface area contributed by atoms with E-state index in [9.17, 15) is 17.6 Å². The number of amides is 1. The molecule has 2 aromatic rings. The molecule has 2 aromatic carbocycles. The van der Waals surface area contributed by atoms with Crippen molar-refractivity contribution in [3.8, 4) is 0 Å². The fraction of sp³-hybridized carbons (Fsp3) is 0.235. The summed E-state index contributed by atoms with van der Waals surface area (Å²) >= 11 is 0. The molecule has 0 aliphatic carbocycles. The number of sulfonamides is 1. The van der Waals surface area contributed by atoms with Gasteiger partial charge in [-0.05, 0) is 55.9 Å². The maximum absolute atomic E-state index is 12.9. The summed E-state index contributed by atoms with van der Waals surface area (Å²) in [5.41, 5.74) is 1.36. The SMILES string of the molecule is C[C@@H](C(=O)Nc1ccc(S(N)(=O)=O)cc1)N(C)Cc1ccc(F)cc1. The van der Waals surface area contributed by atoms with Crippen LogP contribution in [0, 0.1) is 5.82 Å². The molecular formula is C17H20FN3O3S. The summed E-state index contributed by atoms with van der Waals surface area (Å²) in [6.45, 7) is 2.23. The Morgan fingerprint density at radius 1 is 1.16 bits per heavy atom. The van der Waals surface area contributed by atoms with Crippen LogP contribution in [-0.2, 0) is 21.4 Å². The lowest BCUT2D eigenvalue weighted by Crippen LogP contribution is -2.39. The van der Waals surface area contributed by atoms with E-state index in [1.807, 2.05) is 4.90 Å². The molecule has 0 aliphatic rings. The number of nitrogens with one attached hydrogen (secondary N) is 1. The molecule has 1 amide bonds. The molecule has 0 radical (unpaired) electrons. The number of halogens is 1. The van der Waals surface area contributed by atoms with Gasteiger partial charge < -0.3 is 5.32 Å². The Kier molecular flexibility index (Phi) is 5.89. The van der Waals surface area contributed by atoms with Crippen LogP contribution in [0.15, 0.2) is 53.4 Å². The smallest absolute Gasteiger partial charge is 0.241 e. The number of primary sulfonamides is 1. The van der Waals surface area contributed by atoms with Crippen molar-refractivity contribution in [1.82, 2.24) is 4.90 Å². The third-order valence-electron chi connectivity index (χ3n) is 3.84. The Morgan fingerprint density at radius 3 is 2.24 bits per heavy atom. The molecule has 0 saturated heterocycles. The molecule has 0 aliphatic heterocycles. The van der Waals surface area contributed by atoms with Crippen molar-refractivity contribution in [2.45, 2.75) is 24.4 Å². The Bertz CT molecular complexity index is 836. The van der Waals surface area contributed by atoms with Crippen molar-refractivity contribution >= 4 is 21.6 Å². The van der Waals surface area contributed by atoms with Crippen molar-refractivity contribution < 1.29 is 17.6 Å². The highest BCUT2D eigenvalue weighted by Gasteiger charge is 2.18. The summed E-state index contributed by atoms with van der Waals surface area (Å²) in [6, 6.07) is 11.3. The number of hydrogen-bond donors (Lipinski definition) is 2. The lowest BCUT2D eigenvalue weighted by Gasteiger charge is -2.24. The average molecular weight is 365 g/mol. The largest absolute Gasteiger partial charge is 0.325 e. The molecule has 0 heterocycles. The van der Waals surface area contributed by atoms with E-state index in [2.05, 4.69) is 5.32 Å². The predicted molar refractivity (Wildman–Crippen MR) is 93.8 cm³/mol. The van der Waals surface area contributed by atoms with E-state index in [1.54, 1.807) is 26.1 Å². The summed E-state index contributed by atoms with van der Waals surface area (Å²) in [4.78, 5) is 14.1. The number of likely N-dealkylation sites (N-methyl/N-ethyl adjacent to an activating group) is 1. The van der Waals surface area contributed by atoms with E-state index in [-0.39, 0.29) is 16.6 Å². The van der Waals surface area contributed by atoms with Crippen LogP contribution < -0.4 is 10.5 Å². The first-order valence-electron chi connectivity index (χ1n) is 7.55. The Balaban J connectivity index is 1.98. The zero-order valence-electron chi connectivity index (χ0n) is 13.9. The topological polar surface area (TPSA) is 92.5 Å². The monoisotopic (exact) mass is 365 g/mol. The second kappa shape index (κ2) is 7.73. The molecule has 134 valence electrons. The Labute approximate surface area is 146 Å². The molecule has 1 atom stereocenters. The molecule has 0 bridgehead atoms. The highest BCUT2D eigenvalue weighted by atomic mass is 32.2. The molecule has 0 aromatic heterocycles. The van der Waals surface area contributed by atoms with Gasteiger partial charge >= 0.3 is 0 Å². The van der Waals surface area contributed by atoms with Gasteiger partial charge in [0.25, 0.3) is 0 Å². The molecule has 0 spiro atoms. The molecule has 0 unspecified atom stereocenters. The Morgan fingerprint density at radius 2 is 1.72 bits per heavy atom. The van der Waals surface area contributed by atoms with Crippen LogP contribution in [-0.4, -0.2) is 32.3 Å². The van der Waals surface area contributed by atoms with Crippen molar-refractivity contribution in [1.29, 1.82) is 0 Å². The van der Waals surface area contributed by atoms with Gasteiger partial charge in [-0.2, -0.15) is 0 Å². The quantitative estimate of drug-likeness (QED) is 0.818. The van der Waals surface area contributed by atoms with E-state index < -0.39 is 16.1 Å². The van der Waals surface area contributed by atoms with Crippen LogP contribution in [0.25, 0.3) is 0 Å². The maximum atomic E-state index is 12.9. The lowest BCUT2D eigenvalue weighted by molar-refractivity contribution is -0.120. The minimum absolute atomic E-state index is 0.0213. The van der Waals surface area contributed by atoms with Gasteiger partial charge in [-0.15, -0.1) is 0 Å². The van der Waals surface area contributed by atoms with Crippen LogP contribution in [0.5, 0.6) is 0 Å². The van der Waals surface area contributed by atoms with E-state index in [1.165, 1.54) is 36.4 Å². The molecule has 0 fully saturated rings. The number of nitrogens with two attached hydrogens (primary N) is 1. The average Bonchev–Trinajstić information content (AvgIpc) is 2.55. The van der Waals surface area contributed by atoms with E-state index in [4.69, 9.17) is 5.14 Å². The first-order chi connectivity index (χ1) is 11.7. The summed E-state index contributed by atoms with van der Waals surface area (Å²) in [5.74, 6) is -0.548. The minimum Gasteiger partial charge on any atom is -0.325 e. The summed E-state index contributed by atoms with van der Waals surface area (Å²) < 4.78 is 35.4. The van der Waals surface area contributed by atoms with Crippen LogP contribution in [0.1, 0.15) is 12.5 Å². The van der Waals surface area contributed by atoms with Gasteiger partial charge in [0.2, 0.25) is 15.9 Å². The molecule has 25 heavy (non-hydrogen) atoms.